The third-order valence-corrected chi connectivity index (χ3v) is 4.43. The quantitative estimate of drug-likeness (QED) is 0.132. The molecule has 0 amide bonds. The zero-order chi connectivity index (χ0) is 23.7. The molecule has 172 valence electrons. The first-order valence-electron chi connectivity index (χ1n) is 8.27. The molecule has 0 unspecified atom stereocenters. The molecule has 0 atom stereocenters. The smallest absolute Gasteiger partial charge is 0.475 e. The lowest BCUT2D eigenvalue weighted by atomic mass is 10.2. The van der Waals surface area contributed by atoms with Crippen LogP contribution >= 0.6 is 22.9 Å². The van der Waals surface area contributed by atoms with E-state index in [1.165, 1.54) is 29.5 Å². The molecule has 2 heterocycles. The molecule has 0 saturated carbocycles. The van der Waals surface area contributed by atoms with Gasteiger partial charge >= 0.3 is 12.1 Å². The fraction of sp³-hybridized carbons (Fsp3) is 0.188. The fourth-order valence-electron chi connectivity index (χ4n) is 1.97. The number of carboxylic acid groups (broad SMARTS) is 1. The zero-order valence-electron chi connectivity index (χ0n) is 15.6. The third-order valence-electron chi connectivity index (χ3n) is 3.36. The summed E-state index contributed by atoms with van der Waals surface area (Å²) in [5.74, 6) is -3.31. The normalized spacial score (nSPS) is 11.6. The maximum absolute atomic E-state index is 13.2. The van der Waals surface area contributed by atoms with Gasteiger partial charge in [-0.2, -0.15) is 13.2 Å². The number of thiazole rings is 1. The first kappa shape index (κ1) is 25.0. The summed E-state index contributed by atoms with van der Waals surface area (Å²) >= 11 is 7.26. The van der Waals surface area contributed by atoms with E-state index in [-0.39, 0.29) is 16.6 Å². The number of benzene rings is 1. The Morgan fingerprint density at radius 3 is 2.56 bits per heavy atom. The number of halogens is 5. The number of nitrogens with one attached hydrogen (secondary N) is 2. The van der Waals surface area contributed by atoms with Gasteiger partial charge in [-0.3, -0.25) is 0 Å². The highest BCUT2D eigenvalue weighted by Gasteiger charge is 2.38. The number of carbonyl (C=O) groups is 1. The number of nitrogens with zero attached hydrogens (tertiary/aromatic N) is 4. The number of hydrogen-bond donors (Lipinski definition) is 4. The van der Waals surface area contributed by atoms with E-state index < -0.39 is 18.0 Å². The average molecular weight is 497 g/mol. The minimum Gasteiger partial charge on any atom is -0.475 e. The second-order valence-corrected chi connectivity index (χ2v) is 6.98. The maximum atomic E-state index is 13.2. The van der Waals surface area contributed by atoms with Crippen molar-refractivity contribution in [2.45, 2.75) is 19.3 Å². The van der Waals surface area contributed by atoms with Crippen molar-refractivity contribution in [3.05, 3.63) is 57.0 Å². The van der Waals surface area contributed by atoms with E-state index in [9.17, 15) is 22.8 Å². The number of anilines is 1. The van der Waals surface area contributed by atoms with Crippen molar-refractivity contribution in [2.75, 3.05) is 5.32 Å². The van der Waals surface area contributed by atoms with E-state index >= 15 is 0 Å². The summed E-state index contributed by atoms with van der Waals surface area (Å²) in [5, 5.41) is 35.8. The highest BCUT2D eigenvalue weighted by Crippen LogP contribution is 2.20. The molecule has 16 heteroatoms. The fourth-order valence-corrected chi connectivity index (χ4v) is 2.74. The predicted molar refractivity (Wildman–Crippen MR) is 104 cm³/mol. The largest absolute Gasteiger partial charge is 0.490 e. The van der Waals surface area contributed by atoms with E-state index in [2.05, 4.69) is 31.1 Å². The van der Waals surface area contributed by atoms with Crippen LogP contribution in [0, 0.1) is 5.82 Å². The van der Waals surface area contributed by atoms with Crippen LogP contribution in [0.2, 0.25) is 5.02 Å². The lowest BCUT2D eigenvalue weighted by Crippen LogP contribution is -2.21. The molecule has 0 aliphatic heterocycles. The Labute approximate surface area is 185 Å². The van der Waals surface area contributed by atoms with Crippen molar-refractivity contribution in [1.29, 1.82) is 0 Å². The number of aromatic nitrogens is 3. The monoisotopic (exact) mass is 496 g/mol. The van der Waals surface area contributed by atoms with Crippen LogP contribution in [-0.4, -0.2) is 43.6 Å². The van der Waals surface area contributed by atoms with Crippen molar-refractivity contribution in [3.8, 4) is 0 Å². The van der Waals surface area contributed by atoms with Gasteiger partial charge in [0.25, 0.3) is 0 Å². The zero-order valence-corrected chi connectivity index (χ0v) is 17.2. The molecule has 2 aromatic heterocycles. The number of carboxylic acids is 1. The molecule has 0 spiro atoms. The second-order valence-electron chi connectivity index (χ2n) is 5.59. The van der Waals surface area contributed by atoms with Gasteiger partial charge in [0.15, 0.2) is 5.69 Å². The lowest BCUT2D eigenvalue weighted by molar-refractivity contribution is -0.192. The van der Waals surface area contributed by atoms with Gasteiger partial charge in [-0.1, -0.05) is 21.9 Å². The van der Waals surface area contributed by atoms with Crippen LogP contribution < -0.4 is 10.6 Å². The molecule has 0 bridgehead atoms. The third kappa shape index (κ3) is 7.44. The predicted octanol–water partition coefficient (Wildman–Crippen LogP) is 3.49. The number of aliphatic carboxylic acids is 1. The van der Waals surface area contributed by atoms with Gasteiger partial charge in [0.1, 0.15) is 16.5 Å². The van der Waals surface area contributed by atoms with Crippen molar-refractivity contribution in [1.82, 2.24) is 20.6 Å². The van der Waals surface area contributed by atoms with E-state index in [0.717, 1.165) is 5.01 Å². The van der Waals surface area contributed by atoms with Gasteiger partial charge in [0.05, 0.1) is 5.02 Å². The molecule has 1 aromatic carbocycles. The first-order chi connectivity index (χ1) is 15.1. The molecule has 0 aliphatic rings. The molecule has 3 aromatic rings. The van der Waals surface area contributed by atoms with Gasteiger partial charge in [0.2, 0.25) is 5.84 Å². The van der Waals surface area contributed by atoms with Crippen LogP contribution in [0.3, 0.4) is 0 Å². The summed E-state index contributed by atoms with van der Waals surface area (Å²) in [5.41, 5.74) is 1.07. The maximum Gasteiger partial charge on any atom is 0.490 e. The Kier molecular flexibility index (Phi) is 8.86. The van der Waals surface area contributed by atoms with Crippen LogP contribution in [0.4, 0.5) is 23.2 Å². The molecule has 4 N–H and O–H groups in total. The molecule has 0 aliphatic carbocycles. The first-order valence-corrected chi connectivity index (χ1v) is 9.52. The summed E-state index contributed by atoms with van der Waals surface area (Å²) in [6.45, 7) is 0.875. The van der Waals surface area contributed by atoms with Gasteiger partial charge in [-0.25, -0.2) is 18.8 Å². The van der Waals surface area contributed by atoms with E-state index in [0.29, 0.717) is 24.5 Å². The van der Waals surface area contributed by atoms with Crippen LogP contribution in [0.1, 0.15) is 16.4 Å². The molecule has 3 rings (SSSR count). The van der Waals surface area contributed by atoms with Gasteiger partial charge in [-0.15, -0.1) is 11.3 Å². The Hall–Kier alpha value is -3.30. The molecular weight excluding hydrogens is 484 g/mol. The Morgan fingerprint density at radius 1 is 1.28 bits per heavy atom. The van der Waals surface area contributed by atoms with E-state index in [1.54, 1.807) is 6.20 Å². The van der Waals surface area contributed by atoms with Gasteiger partial charge < -0.3 is 20.9 Å². The summed E-state index contributed by atoms with van der Waals surface area (Å²) in [6, 6.07) is 3.99. The summed E-state index contributed by atoms with van der Waals surface area (Å²) in [6.07, 6.45) is -3.36. The van der Waals surface area contributed by atoms with Crippen molar-refractivity contribution in [3.63, 3.8) is 0 Å². The minimum atomic E-state index is -5.08. The summed E-state index contributed by atoms with van der Waals surface area (Å²) in [7, 11) is 0. The minimum absolute atomic E-state index is 0.00465. The summed E-state index contributed by atoms with van der Waals surface area (Å²) < 4.78 is 49.7. The highest BCUT2D eigenvalue weighted by atomic mass is 35.5. The molecule has 10 nitrogen and oxygen atoms in total. The molecule has 0 fully saturated rings. The van der Waals surface area contributed by atoms with E-state index in [4.69, 9.17) is 26.1 Å². The van der Waals surface area contributed by atoms with Crippen LogP contribution in [0.25, 0.3) is 0 Å². The molecule has 0 radical (unpaired) electrons. The second kappa shape index (κ2) is 11.4. The van der Waals surface area contributed by atoms with Crippen LogP contribution in [0.5, 0.6) is 0 Å². The van der Waals surface area contributed by atoms with Crippen LogP contribution in [-0.2, 0) is 17.9 Å². The van der Waals surface area contributed by atoms with Gasteiger partial charge in [-0.05, 0) is 23.4 Å². The lowest BCUT2D eigenvalue weighted by Gasteiger charge is -2.07. The number of oxime groups is 1. The highest BCUT2D eigenvalue weighted by molar-refractivity contribution is 7.09. The molecule has 0 saturated heterocycles. The Bertz CT molecular complexity index is 1060. The van der Waals surface area contributed by atoms with Gasteiger partial charge in [0, 0.05) is 30.4 Å². The Balaban J connectivity index is 0.000000451. The number of hydrogen-bond acceptors (Lipinski definition) is 9. The number of amidine groups is 1. The standard InChI is InChI=1S/C14H12ClFN6O2S.C2HF3O2/c15-9-5-8(1-2-10(9)16)19-14(20-23)13-11(21-24-22-13)6-17-7-12-18-3-4-25-12;3-2(4,5)1(6)7/h1-5,17,23H,6-7H2,(H,19,20);(H,6,7). The van der Waals surface area contributed by atoms with E-state index in [1.807, 2.05) is 5.38 Å². The van der Waals surface area contributed by atoms with Crippen molar-refractivity contribution >= 4 is 40.4 Å². The topological polar surface area (TPSA) is 146 Å². The SMILES string of the molecule is O/N=C(/Nc1ccc(F)c(Cl)c1)c1nonc1CNCc1nccs1.O=C(O)C(F)(F)F. The van der Waals surface area contributed by atoms with Crippen LogP contribution in [0.15, 0.2) is 39.6 Å². The molecular formula is C16H13ClF4N6O4S. The number of alkyl halides is 3. The van der Waals surface area contributed by atoms with Crippen molar-refractivity contribution < 1.29 is 37.3 Å². The average Bonchev–Trinajstić information content (AvgIpc) is 3.41. The molecule has 32 heavy (non-hydrogen) atoms. The summed E-state index contributed by atoms with van der Waals surface area (Å²) in [4.78, 5) is 13.1. The van der Waals surface area contributed by atoms with Crippen molar-refractivity contribution in [2.24, 2.45) is 5.16 Å². The number of rotatable bonds is 6. The Morgan fingerprint density at radius 2 is 2.00 bits per heavy atom.